The standard InChI is InChI=1S/C11H16N2O2.C2H6/c1-8(2)7-9(11(12)15)13-6-4-3-5-10(13)14;1-2/h3-6,8-9H,7H2,1-2H3,(H2,12,15);1-2H3. The van der Waals surface area contributed by atoms with Gasteiger partial charge in [0.25, 0.3) is 5.56 Å². The summed E-state index contributed by atoms with van der Waals surface area (Å²) in [5.41, 5.74) is 5.09. The lowest BCUT2D eigenvalue weighted by Gasteiger charge is -2.17. The van der Waals surface area contributed by atoms with Gasteiger partial charge in [-0.15, -0.1) is 0 Å². The molecule has 0 saturated heterocycles. The van der Waals surface area contributed by atoms with Gasteiger partial charge in [-0.3, -0.25) is 9.59 Å². The summed E-state index contributed by atoms with van der Waals surface area (Å²) in [5, 5.41) is 0. The van der Waals surface area contributed by atoms with Gasteiger partial charge in [-0.2, -0.15) is 0 Å². The first kappa shape index (κ1) is 15.4. The minimum atomic E-state index is -0.543. The van der Waals surface area contributed by atoms with Crippen molar-refractivity contribution >= 4 is 5.91 Å². The molecule has 96 valence electrons. The van der Waals surface area contributed by atoms with Gasteiger partial charge in [-0.25, -0.2) is 0 Å². The van der Waals surface area contributed by atoms with Crippen LogP contribution in [0.1, 0.15) is 40.2 Å². The van der Waals surface area contributed by atoms with Crippen molar-refractivity contribution < 1.29 is 4.79 Å². The van der Waals surface area contributed by atoms with Crippen molar-refractivity contribution in [1.29, 1.82) is 0 Å². The van der Waals surface area contributed by atoms with E-state index in [0.717, 1.165) is 0 Å². The highest BCUT2D eigenvalue weighted by atomic mass is 16.2. The Bertz CT molecular complexity index is 396. The molecule has 1 rings (SSSR count). The fraction of sp³-hybridized carbons (Fsp3) is 0.538. The Kier molecular flexibility index (Phi) is 6.94. The van der Waals surface area contributed by atoms with Gasteiger partial charge in [-0.05, 0) is 18.4 Å². The molecule has 0 saturated carbocycles. The second kappa shape index (κ2) is 7.65. The first-order valence-corrected chi connectivity index (χ1v) is 5.99. The van der Waals surface area contributed by atoms with Crippen LogP contribution >= 0.6 is 0 Å². The van der Waals surface area contributed by atoms with E-state index in [2.05, 4.69) is 0 Å². The Morgan fingerprint density at radius 2 is 1.94 bits per heavy atom. The second-order valence-corrected chi connectivity index (χ2v) is 3.99. The average Bonchev–Trinajstić information content (AvgIpc) is 2.29. The average molecular weight is 238 g/mol. The van der Waals surface area contributed by atoms with Gasteiger partial charge in [0.2, 0.25) is 5.91 Å². The van der Waals surface area contributed by atoms with Crippen molar-refractivity contribution in [3.8, 4) is 0 Å². The van der Waals surface area contributed by atoms with Gasteiger partial charge < -0.3 is 10.3 Å². The summed E-state index contributed by atoms with van der Waals surface area (Å²) >= 11 is 0. The van der Waals surface area contributed by atoms with Crippen LogP contribution in [0.25, 0.3) is 0 Å². The number of carbonyl (C=O) groups excluding carboxylic acids is 1. The minimum Gasteiger partial charge on any atom is -0.368 e. The highest BCUT2D eigenvalue weighted by Crippen LogP contribution is 2.14. The van der Waals surface area contributed by atoms with Crippen LogP contribution in [0.3, 0.4) is 0 Å². The van der Waals surface area contributed by atoms with Gasteiger partial charge in [0.1, 0.15) is 6.04 Å². The maximum absolute atomic E-state index is 11.5. The number of carbonyl (C=O) groups is 1. The lowest BCUT2D eigenvalue weighted by molar-refractivity contribution is -0.121. The lowest BCUT2D eigenvalue weighted by Crippen LogP contribution is -2.33. The zero-order valence-electron chi connectivity index (χ0n) is 11.0. The van der Waals surface area contributed by atoms with E-state index in [1.807, 2.05) is 27.7 Å². The summed E-state index contributed by atoms with van der Waals surface area (Å²) < 4.78 is 1.39. The maximum Gasteiger partial charge on any atom is 0.251 e. The third kappa shape index (κ3) is 4.85. The van der Waals surface area contributed by atoms with Gasteiger partial charge in [0.05, 0.1) is 0 Å². The van der Waals surface area contributed by atoms with Crippen molar-refractivity contribution in [2.24, 2.45) is 11.7 Å². The predicted octanol–water partition coefficient (Wildman–Crippen LogP) is 1.95. The van der Waals surface area contributed by atoms with Crippen molar-refractivity contribution in [1.82, 2.24) is 4.57 Å². The topological polar surface area (TPSA) is 65.1 Å². The van der Waals surface area contributed by atoms with E-state index in [1.54, 1.807) is 18.3 Å². The molecule has 0 radical (unpaired) electrons. The van der Waals surface area contributed by atoms with Crippen LogP contribution in [0.2, 0.25) is 0 Å². The molecule has 1 amide bonds. The van der Waals surface area contributed by atoms with Gasteiger partial charge >= 0.3 is 0 Å². The van der Waals surface area contributed by atoms with Gasteiger partial charge in [-0.1, -0.05) is 33.8 Å². The Morgan fingerprint density at radius 3 is 2.35 bits per heavy atom. The van der Waals surface area contributed by atoms with E-state index in [4.69, 9.17) is 5.73 Å². The molecule has 0 spiro atoms. The summed E-state index contributed by atoms with van der Waals surface area (Å²) in [5.74, 6) is -0.147. The minimum absolute atomic E-state index is 0.193. The molecule has 0 fully saturated rings. The maximum atomic E-state index is 11.5. The highest BCUT2D eigenvalue weighted by Gasteiger charge is 2.19. The molecular formula is C13H22N2O2. The van der Waals surface area contributed by atoms with Crippen LogP contribution in [-0.4, -0.2) is 10.5 Å². The fourth-order valence-corrected chi connectivity index (χ4v) is 1.51. The van der Waals surface area contributed by atoms with E-state index in [-0.39, 0.29) is 5.56 Å². The number of hydrogen-bond acceptors (Lipinski definition) is 2. The smallest absolute Gasteiger partial charge is 0.251 e. The van der Waals surface area contributed by atoms with Crippen molar-refractivity contribution in [3.05, 3.63) is 34.7 Å². The van der Waals surface area contributed by atoms with Crippen molar-refractivity contribution in [2.75, 3.05) is 0 Å². The molecule has 1 aromatic heterocycles. The fourth-order valence-electron chi connectivity index (χ4n) is 1.51. The summed E-state index contributed by atoms with van der Waals surface area (Å²) in [6.45, 7) is 7.98. The Morgan fingerprint density at radius 1 is 1.35 bits per heavy atom. The lowest BCUT2D eigenvalue weighted by atomic mass is 10.0. The van der Waals surface area contributed by atoms with Crippen LogP contribution in [0.5, 0.6) is 0 Å². The van der Waals surface area contributed by atoms with Crippen molar-refractivity contribution in [2.45, 2.75) is 40.2 Å². The van der Waals surface area contributed by atoms with Crippen LogP contribution in [-0.2, 0) is 4.79 Å². The third-order valence-electron chi connectivity index (χ3n) is 2.21. The Labute approximate surface area is 102 Å². The van der Waals surface area contributed by atoms with E-state index in [0.29, 0.717) is 12.3 Å². The van der Waals surface area contributed by atoms with Gasteiger partial charge in [0.15, 0.2) is 0 Å². The molecule has 1 unspecified atom stereocenters. The molecule has 0 aromatic carbocycles. The molecule has 1 heterocycles. The van der Waals surface area contributed by atoms with Crippen LogP contribution in [0, 0.1) is 5.92 Å². The summed E-state index contributed by atoms with van der Waals surface area (Å²) in [4.78, 5) is 22.8. The number of rotatable bonds is 4. The number of nitrogens with zero attached hydrogens (tertiary/aromatic N) is 1. The molecule has 0 aliphatic heterocycles. The van der Waals surface area contributed by atoms with Crippen molar-refractivity contribution in [3.63, 3.8) is 0 Å². The summed E-state index contributed by atoms with van der Waals surface area (Å²) in [7, 11) is 0. The number of hydrogen-bond donors (Lipinski definition) is 1. The molecule has 0 aliphatic rings. The first-order valence-electron chi connectivity index (χ1n) is 5.99. The highest BCUT2D eigenvalue weighted by molar-refractivity contribution is 5.78. The van der Waals surface area contributed by atoms with E-state index in [1.165, 1.54) is 10.6 Å². The molecule has 1 atom stereocenters. The molecule has 0 aliphatic carbocycles. The number of pyridine rings is 1. The van der Waals surface area contributed by atoms with E-state index < -0.39 is 11.9 Å². The zero-order valence-corrected chi connectivity index (χ0v) is 11.0. The van der Waals surface area contributed by atoms with Crippen LogP contribution in [0.15, 0.2) is 29.2 Å². The van der Waals surface area contributed by atoms with E-state index in [9.17, 15) is 9.59 Å². The summed E-state index contributed by atoms with van der Waals surface area (Å²) in [6, 6.07) is 4.25. The molecule has 4 nitrogen and oxygen atoms in total. The monoisotopic (exact) mass is 238 g/mol. The molecule has 17 heavy (non-hydrogen) atoms. The number of nitrogens with two attached hydrogens (primary N) is 1. The second-order valence-electron chi connectivity index (χ2n) is 3.99. The van der Waals surface area contributed by atoms with Crippen LogP contribution < -0.4 is 11.3 Å². The number of primary amides is 1. The first-order chi connectivity index (χ1) is 8.02. The van der Waals surface area contributed by atoms with E-state index >= 15 is 0 Å². The molecular weight excluding hydrogens is 216 g/mol. The molecule has 2 N–H and O–H groups in total. The van der Waals surface area contributed by atoms with Gasteiger partial charge in [0, 0.05) is 12.3 Å². The van der Waals surface area contributed by atoms with Crippen LogP contribution in [0.4, 0.5) is 0 Å². The normalized spacial score (nSPS) is 11.6. The molecule has 4 heteroatoms. The largest absolute Gasteiger partial charge is 0.368 e. The predicted molar refractivity (Wildman–Crippen MR) is 69.7 cm³/mol. The molecule has 1 aromatic rings. The molecule has 0 bridgehead atoms. The number of aromatic nitrogens is 1. The summed E-state index contributed by atoms with van der Waals surface area (Å²) in [6.07, 6.45) is 2.18. The third-order valence-corrected chi connectivity index (χ3v) is 2.21. The number of amides is 1. The quantitative estimate of drug-likeness (QED) is 0.871. The Hall–Kier alpha value is -1.58. The SMILES string of the molecule is CC.CC(C)CC(C(N)=O)n1ccccc1=O. The Balaban J connectivity index is 0.00000121. The zero-order chi connectivity index (χ0) is 13.4.